The Morgan fingerprint density at radius 1 is 1.31 bits per heavy atom. The van der Waals surface area contributed by atoms with Gasteiger partial charge in [0, 0.05) is 0 Å². The zero-order valence-electron chi connectivity index (χ0n) is 10.3. The fourth-order valence-electron chi connectivity index (χ4n) is 0.762. The summed E-state index contributed by atoms with van der Waals surface area (Å²) in [6, 6.07) is 0. The lowest BCUT2D eigenvalue weighted by Crippen LogP contribution is -2.25. The van der Waals surface area contributed by atoms with Crippen LogP contribution in [-0.4, -0.2) is 5.97 Å². The second kappa shape index (κ2) is 6.83. The number of rotatable bonds is 6. The van der Waals surface area contributed by atoms with Gasteiger partial charge in [0.15, 0.2) is 0 Å². The minimum Gasteiger partial charge on any atom is -0.426 e. The number of allylic oxidation sites excluding steroid dienone is 5. The molecule has 88 valence electrons. The van der Waals surface area contributed by atoms with Gasteiger partial charge in [-0.3, -0.25) is 4.79 Å². The Kier molecular flexibility index (Phi) is 6.16. The lowest BCUT2D eigenvalue weighted by atomic mass is 9.91. The largest absolute Gasteiger partial charge is 0.426 e. The monoisotopic (exact) mass is 220 g/mol. The topological polar surface area (TPSA) is 26.3 Å². The molecule has 0 bridgehead atoms. The van der Waals surface area contributed by atoms with Crippen LogP contribution >= 0.6 is 0 Å². The molecule has 0 aromatic heterocycles. The molecule has 0 saturated heterocycles. The van der Waals surface area contributed by atoms with Crippen LogP contribution in [0.4, 0.5) is 0 Å². The Morgan fingerprint density at radius 2 is 1.94 bits per heavy atom. The summed E-state index contributed by atoms with van der Waals surface area (Å²) in [5, 5.41) is 0. The quantitative estimate of drug-likeness (QED) is 0.387. The number of hydrogen-bond donors (Lipinski definition) is 0. The Balaban J connectivity index is 4.62. The van der Waals surface area contributed by atoms with Crippen molar-refractivity contribution in [1.82, 2.24) is 0 Å². The first-order valence-corrected chi connectivity index (χ1v) is 5.32. The molecule has 16 heavy (non-hydrogen) atoms. The van der Waals surface area contributed by atoms with E-state index in [4.69, 9.17) is 4.74 Å². The Morgan fingerprint density at radius 3 is 2.38 bits per heavy atom. The van der Waals surface area contributed by atoms with Crippen LogP contribution in [0.1, 0.15) is 27.2 Å². The first-order chi connectivity index (χ1) is 7.47. The Bertz CT molecular complexity index is 320. The van der Waals surface area contributed by atoms with Gasteiger partial charge >= 0.3 is 5.97 Å². The van der Waals surface area contributed by atoms with E-state index in [1.165, 1.54) is 6.08 Å². The summed E-state index contributed by atoms with van der Waals surface area (Å²) in [4.78, 5) is 11.7. The highest BCUT2D eigenvalue weighted by Gasteiger charge is 2.27. The van der Waals surface area contributed by atoms with Crippen LogP contribution in [0, 0.1) is 5.41 Å². The number of carbonyl (C=O) groups is 1. The van der Waals surface area contributed by atoms with Crippen LogP contribution in [0.15, 0.2) is 49.3 Å². The maximum atomic E-state index is 11.7. The van der Waals surface area contributed by atoms with Gasteiger partial charge in [-0.25, -0.2) is 0 Å². The number of esters is 1. The first-order valence-electron chi connectivity index (χ1n) is 5.32. The van der Waals surface area contributed by atoms with Crippen molar-refractivity contribution in [3.8, 4) is 0 Å². The van der Waals surface area contributed by atoms with Crippen molar-refractivity contribution in [3.63, 3.8) is 0 Å². The third kappa shape index (κ3) is 4.78. The van der Waals surface area contributed by atoms with Crippen molar-refractivity contribution in [3.05, 3.63) is 49.3 Å². The van der Waals surface area contributed by atoms with Crippen molar-refractivity contribution in [2.75, 3.05) is 0 Å². The molecule has 0 aliphatic heterocycles. The van der Waals surface area contributed by atoms with E-state index >= 15 is 0 Å². The third-order valence-corrected chi connectivity index (χ3v) is 2.36. The van der Waals surface area contributed by atoms with Gasteiger partial charge in [-0.1, -0.05) is 38.3 Å². The Labute approximate surface area is 98.0 Å². The van der Waals surface area contributed by atoms with E-state index in [0.717, 1.165) is 6.42 Å². The zero-order chi connectivity index (χ0) is 12.6. The maximum Gasteiger partial charge on any atom is 0.316 e. The predicted octanol–water partition coefficient (Wildman–Crippen LogP) is 3.78. The average molecular weight is 220 g/mol. The molecule has 0 radical (unpaired) electrons. The van der Waals surface area contributed by atoms with Gasteiger partial charge < -0.3 is 4.74 Å². The predicted molar refractivity (Wildman–Crippen MR) is 67.8 cm³/mol. The van der Waals surface area contributed by atoms with Crippen molar-refractivity contribution >= 4 is 5.97 Å². The molecule has 2 heteroatoms. The normalized spacial score (nSPS) is 12.6. The summed E-state index contributed by atoms with van der Waals surface area (Å²) in [5.74, 6) is 0.206. The molecule has 0 fully saturated rings. The highest BCUT2D eigenvalue weighted by Crippen LogP contribution is 2.23. The molecule has 0 unspecified atom stereocenters. The summed E-state index contributed by atoms with van der Waals surface area (Å²) in [5.41, 5.74) is -0.468. The SMILES string of the molecule is C=C/C=C\C=C(/C=C)OC(=O)C(C)(C)CC. The molecule has 0 aliphatic rings. The Hall–Kier alpha value is -1.57. The summed E-state index contributed by atoms with van der Waals surface area (Å²) in [6.07, 6.45) is 9.07. The minimum atomic E-state index is -0.468. The van der Waals surface area contributed by atoms with Crippen LogP contribution < -0.4 is 0 Å². The summed E-state index contributed by atoms with van der Waals surface area (Å²) in [7, 11) is 0. The van der Waals surface area contributed by atoms with Gasteiger partial charge in [-0.05, 0) is 32.4 Å². The lowest BCUT2D eigenvalue weighted by molar-refractivity contribution is -0.149. The highest BCUT2D eigenvalue weighted by atomic mass is 16.5. The average Bonchev–Trinajstić information content (AvgIpc) is 2.27. The van der Waals surface area contributed by atoms with Crippen molar-refractivity contribution in [1.29, 1.82) is 0 Å². The van der Waals surface area contributed by atoms with E-state index in [2.05, 4.69) is 13.2 Å². The van der Waals surface area contributed by atoms with Gasteiger partial charge in [0.2, 0.25) is 0 Å². The molecule has 0 amide bonds. The molecule has 2 nitrogen and oxygen atoms in total. The van der Waals surface area contributed by atoms with Gasteiger partial charge in [-0.2, -0.15) is 0 Å². The smallest absolute Gasteiger partial charge is 0.316 e. The maximum absolute atomic E-state index is 11.7. The fourth-order valence-corrected chi connectivity index (χ4v) is 0.762. The van der Waals surface area contributed by atoms with Crippen LogP contribution in [0.3, 0.4) is 0 Å². The molecule has 0 aromatic carbocycles. The van der Waals surface area contributed by atoms with Gasteiger partial charge in [0.1, 0.15) is 5.76 Å². The molecule has 0 spiro atoms. The summed E-state index contributed by atoms with van der Waals surface area (Å²) < 4.78 is 5.22. The number of carbonyl (C=O) groups excluding carboxylic acids is 1. The fraction of sp³-hybridized carbons (Fsp3) is 0.357. The van der Waals surface area contributed by atoms with Crippen molar-refractivity contribution < 1.29 is 9.53 Å². The molecule has 0 aliphatic carbocycles. The standard InChI is InChI=1S/C14H20O2/c1-6-9-10-11-12(7-2)16-13(15)14(4,5)8-3/h6-7,9-11H,1-2,8H2,3-5H3/b10-9-,12-11+. The lowest BCUT2D eigenvalue weighted by Gasteiger charge is -2.20. The molecule has 0 atom stereocenters. The number of hydrogen-bond acceptors (Lipinski definition) is 2. The van der Waals surface area contributed by atoms with Crippen LogP contribution in [0.5, 0.6) is 0 Å². The van der Waals surface area contributed by atoms with E-state index < -0.39 is 5.41 Å². The first kappa shape index (κ1) is 14.4. The van der Waals surface area contributed by atoms with E-state index in [1.807, 2.05) is 20.8 Å². The third-order valence-electron chi connectivity index (χ3n) is 2.36. The second-order valence-corrected chi connectivity index (χ2v) is 4.02. The van der Waals surface area contributed by atoms with E-state index in [0.29, 0.717) is 5.76 Å². The van der Waals surface area contributed by atoms with Crippen LogP contribution in [0.25, 0.3) is 0 Å². The van der Waals surface area contributed by atoms with Crippen molar-refractivity contribution in [2.45, 2.75) is 27.2 Å². The van der Waals surface area contributed by atoms with E-state index in [1.54, 1.807) is 24.3 Å². The van der Waals surface area contributed by atoms with E-state index in [9.17, 15) is 4.79 Å². The molecule has 0 heterocycles. The minimum absolute atomic E-state index is 0.242. The van der Waals surface area contributed by atoms with Gasteiger partial charge in [0.05, 0.1) is 5.41 Å². The number of ether oxygens (including phenoxy) is 1. The summed E-state index contributed by atoms with van der Waals surface area (Å²) >= 11 is 0. The summed E-state index contributed by atoms with van der Waals surface area (Å²) in [6.45, 7) is 12.8. The highest BCUT2D eigenvalue weighted by molar-refractivity contribution is 5.77. The van der Waals surface area contributed by atoms with Crippen LogP contribution in [0.2, 0.25) is 0 Å². The molecule has 0 N–H and O–H groups in total. The van der Waals surface area contributed by atoms with Gasteiger partial charge in [-0.15, -0.1) is 0 Å². The molecule has 0 saturated carbocycles. The molecular weight excluding hydrogens is 200 g/mol. The molecule has 0 rings (SSSR count). The van der Waals surface area contributed by atoms with Crippen molar-refractivity contribution in [2.24, 2.45) is 5.41 Å². The van der Waals surface area contributed by atoms with Crippen LogP contribution in [-0.2, 0) is 9.53 Å². The van der Waals surface area contributed by atoms with Gasteiger partial charge in [0.25, 0.3) is 0 Å². The second-order valence-electron chi connectivity index (χ2n) is 4.02. The van der Waals surface area contributed by atoms with E-state index in [-0.39, 0.29) is 5.97 Å². The zero-order valence-corrected chi connectivity index (χ0v) is 10.3. The molecular formula is C14H20O2. The molecule has 0 aromatic rings.